The van der Waals surface area contributed by atoms with E-state index in [0.29, 0.717) is 10.9 Å². The Morgan fingerprint density at radius 1 is 1.53 bits per heavy atom. The first-order chi connectivity index (χ1) is 9.20. The van der Waals surface area contributed by atoms with Gasteiger partial charge in [0.05, 0.1) is 17.1 Å². The van der Waals surface area contributed by atoms with Gasteiger partial charge in [0.25, 0.3) is 5.91 Å². The van der Waals surface area contributed by atoms with Gasteiger partial charge >= 0.3 is 0 Å². The molecule has 5 nitrogen and oxygen atoms in total. The van der Waals surface area contributed by atoms with Crippen LogP contribution in [-0.4, -0.2) is 26.9 Å². The molecule has 1 aliphatic heterocycles. The van der Waals surface area contributed by atoms with Gasteiger partial charge < -0.3 is 5.32 Å². The smallest absolute Gasteiger partial charge is 0.264 e. The number of amides is 1. The Bertz CT molecular complexity index is 555. The summed E-state index contributed by atoms with van der Waals surface area (Å²) in [6.07, 6.45) is 10.3. The lowest BCUT2D eigenvalue weighted by atomic mass is 10.3. The van der Waals surface area contributed by atoms with Crippen molar-refractivity contribution in [2.45, 2.75) is 31.7 Å². The number of carbonyl (C=O) groups is 1. The van der Waals surface area contributed by atoms with Crippen LogP contribution in [0, 0.1) is 0 Å². The van der Waals surface area contributed by atoms with E-state index in [1.54, 1.807) is 10.9 Å². The molecule has 0 atom stereocenters. The van der Waals surface area contributed by atoms with Crippen LogP contribution in [0.4, 0.5) is 0 Å². The van der Waals surface area contributed by atoms with Gasteiger partial charge in [0.15, 0.2) is 5.17 Å². The molecular weight excluding hydrogens is 260 g/mol. The summed E-state index contributed by atoms with van der Waals surface area (Å²) in [5.74, 6) is -0.0643. The van der Waals surface area contributed by atoms with Gasteiger partial charge in [-0.1, -0.05) is 12.8 Å². The summed E-state index contributed by atoms with van der Waals surface area (Å²) in [7, 11) is 1.86. The van der Waals surface area contributed by atoms with E-state index in [2.05, 4.69) is 15.4 Å². The molecular formula is C13H16N4OS. The van der Waals surface area contributed by atoms with E-state index in [1.165, 1.54) is 24.6 Å². The number of carbonyl (C=O) groups excluding carboxylic acids is 1. The van der Waals surface area contributed by atoms with E-state index in [9.17, 15) is 4.79 Å². The number of aliphatic imine (C=N–C) groups is 1. The van der Waals surface area contributed by atoms with Gasteiger partial charge in [0.1, 0.15) is 0 Å². The summed E-state index contributed by atoms with van der Waals surface area (Å²) in [5, 5.41) is 7.67. The van der Waals surface area contributed by atoms with E-state index in [4.69, 9.17) is 0 Å². The first-order valence-electron chi connectivity index (χ1n) is 6.48. The minimum absolute atomic E-state index is 0.0643. The molecule has 1 saturated carbocycles. The zero-order chi connectivity index (χ0) is 13.2. The minimum Gasteiger partial charge on any atom is -0.301 e. The molecule has 3 rings (SSSR count). The highest BCUT2D eigenvalue weighted by atomic mass is 32.2. The lowest BCUT2D eigenvalue weighted by Crippen LogP contribution is -2.21. The Kier molecular flexibility index (Phi) is 3.42. The molecule has 6 heteroatoms. The zero-order valence-corrected chi connectivity index (χ0v) is 11.6. The van der Waals surface area contributed by atoms with Crippen LogP contribution in [0.5, 0.6) is 0 Å². The number of aryl methyl sites for hydroxylation is 1. The number of amidine groups is 1. The topological polar surface area (TPSA) is 59.3 Å². The normalized spacial score (nSPS) is 24.6. The average Bonchev–Trinajstić information content (AvgIpc) is 3.06. The van der Waals surface area contributed by atoms with Gasteiger partial charge in [-0.15, -0.1) is 0 Å². The highest BCUT2D eigenvalue weighted by molar-refractivity contribution is 8.18. The molecule has 1 aromatic rings. The summed E-state index contributed by atoms with van der Waals surface area (Å²) >= 11 is 1.42. The van der Waals surface area contributed by atoms with Crippen molar-refractivity contribution < 1.29 is 4.79 Å². The Labute approximate surface area is 116 Å². The first kappa shape index (κ1) is 12.5. The Balaban J connectivity index is 1.74. The highest BCUT2D eigenvalue weighted by Crippen LogP contribution is 2.28. The maximum atomic E-state index is 11.9. The van der Waals surface area contributed by atoms with E-state index in [1.807, 2.05) is 19.3 Å². The fourth-order valence-electron chi connectivity index (χ4n) is 2.35. The first-order valence-corrected chi connectivity index (χ1v) is 7.30. The summed E-state index contributed by atoms with van der Waals surface area (Å²) in [6, 6.07) is 0.389. The fraction of sp³-hybridized carbons (Fsp3) is 0.462. The van der Waals surface area contributed by atoms with Crippen molar-refractivity contribution in [1.29, 1.82) is 0 Å². The molecule has 2 heterocycles. The number of nitrogens with one attached hydrogen (secondary N) is 1. The Morgan fingerprint density at radius 2 is 2.32 bits per heavy atom. The number of aromatic nitrogens is 2. The summed E-state index contributed by atoms with van der Waals surface area (Å²) < 4.78 is 1.72. The number of thioether (sulfide) groups is 1. The molecule has 0 spiro atoms. The van der Waals surface area contributed by atoms with E-state index >= 15 is 0 Å². The summed E-state index contributed by atoms with van der Waals surface area (Å²) in [6.45, 7) is 0. The molecule has 0 unspecified atom stereocenters. The molecule has 1 aliphatic carbocycles. The van der Waals surface area contributed by atoms with Crippen molar-refractivity contribution in [3.05, 3.63) is 22.9 Å². The molecule has 1 aromatic heterocycles. The van der Waals surface area contributed by atoms with Crippen LogP contribution in [0.25, 0.3) is 6.08 Å². The second kappa shape index (κ2) is 5.21. The molecule has 0 aromatic carbocycles. The van der Waals surface area contributed by atoms with Crippen molar-refractivity contribution in [2.24, 2.45) is 12.0 Å². The van der Waals surface area contributed by atoms with Crippen LogP contribution < -0.4 is 5.32 Å². The quantitative estimate of drug-likeness (QED) is 0.840. The van der Waals surface area contributed by atoms with Crippen molar-refractivity contribution in [1.82, 2.24) is 15.1 Å². The molecule has 1 N–H and O–H groups in total. The van der Waals surface area contributed by atoms with E-state index < -0.39 is 0 Å². The Morgan fingerprint density at radius 3 is 3.00 bits per heavy atom. The number of hydrogen-bond acceptors (Lipinski definition) is 4. The largest absolute Gasteiger partial charge is 0.301 e. The van der Waals surface area contributed by atoms with Crippen LogP contribution in [0.3, 0.4) is 0 Å². The van der Waals surface area contributed by atoms with Gasteiger partial charge in [-0.05, 0) is 30.7 Å². The molecule has 0 bridgehead atoms. The number of nitrogens with zero attached hydrogens (tertiary/aromatic N) is 3. The van der Waals surface area contributed by atoms with Gasteiger partial charge in [0.2, 0.25) is 0 Å². The zero-order valence-electron chi connectivity index (χ0n) is 10.8. The third-order valence-electron chi connectivity index (χ3n) is 3.30. The highest BCUT2D eigenvalue weighted by Gasteiger charge is 2.25. The maximum Gasteiger partial charge on any atom is 0.264 e. The molecule has 2 fully saturated rings. The second-order valence-electron chi connectivity index (χ2n) is 4.88. The molecule has 100 valence electrons. The van der Waals surface area contributed by atoms with Gasteiger partial charge in [-0.25, -0.2) is 0 Å². The van der Waals surface area contributed by atoms with Gasteiger partial charge in [-0.2, -0.15) is 5.10 Å². The van der Waals surface area contributed by atoms with Crippen LogP contribution in [-0.2, 0) is 11.8 Å². The van der Waals surface area contributed by atoms with Crippen molar-refractivity contribution in [3.8, 4) is 0 Å². The number of hydrogen-bond donors (Lipinski definition) is 1. The van der Waals surface area contributed by atoms with Crippen molar-refractivity contribution >= 4 is 28.9 Å². The second-order valence-corrected chi connectivity index (χ2v) is 5.92. The molecule has 19 heavy (non-hydrogen) atoms. The Hall–Kier alpha value is -1.56. The predicted molar refractivity (Wildman–Crippen MR) is 76.6 cm³/mol. The van der Waals surface area contributed by atoms with Crippen LogP contribution in [0.15, 0.2) is 22.3 Å². The van der Waals surface area contributed by atoms with Gasteiger partial charge in [-0.3, -0.25) is 14.5 Å². The van der Waals surface area contributed by atoms with Gasteiger partial charge in [0, 0.05) is 18.8 Å². The molecule has 0 radical (unpaired) electrons. The summed E-state index contributed by atoms with van der Waals surface area (Å²) in [5.41, 5.74) is 0.933. The monoisotopic (exact) mass is 276 g/mol. The molecule has 2 aliphatic rings. The lowest BCUT2D eigenvalue weighted by Gasteiger charge is -2.02. The third kappa shape index (κ3) is 2.89. The number of rotatable bonds is 2. The fourth-order valence-corrected chi connectivity index (χ4v) is 3.25. The maximum absolute atomic E-state index is 11.9. The minimum atomic E-state index is -0.0643. The average molecular weight is 276 g/mol. The standard InChI is InChI=1S/C13H16N4OS/c1-17-8-9(7-14-17)6-11-12(18)16-13(19-11)15-10-4-2-3-5-10/h6-8,10H,2-5H2,1H3,(H,15,16,18)/b11-6-. The van der Waals surface area contributed by atoms with Crippen molar-refractivity contribution in [2.75, 3.05) is 0 Å². The SMILES string of the molecule is Cn1cc(/C=C2\SC(=NC3CCCC3)NC2=O)cn1. The van der Waals surface area contributed by atoms with Crippen molar-refractivity contribution in [3.63, 3.8) is 0 Å². The third-order valence-corrected chi connectivity index (χ3v) is 4.22. The van der Waals surface area contributed by atoms with Crippen LogP contribution in [0.2, 0.25) is 0 Å². The van der Waals surface area contributed by atoms with Crippen LogP contribution >= 0.6 is 11.8 Å². The summed E-state index contributed by atoms with van der Waals surface area (Å²) in [4.78, 5) is 17.2. The van der Waals surface area contributed by atoms with Crippen LogP contribution in [0.1, 0.15) is 31.2 Å². The predicted octanol–water partition coefficient (Wildman–Crippen LogP) is 1.92. The molecule has 1 amide bonds. The lowest BCUT2D eigenvalue weighted by molar-refractivity contribution is -0.115. The van der Waals surface area contributed by atoms with E-state index in [-0.39, 0.29) is 5.91 Å². The molecule has 1 saturated heterocycles. The van der Waals surface area contributed by atoms with E-state index in [0.717, 1.165) is 23.6 Å².